The quantitative estimate of drug-likeness (QED) is 0.738. The molecule has 1 N–H and O–H groups in total. The average molecular weight is 416 g/mol. The van der Waals surface area contributed by atoms with Crippen LogP contribution in [0.15, 0.2) is 42.5 Å². The van der Waals surface area contributed by atoms with Crippen LogP contribution >= 0.6 is 34.2 Å². The summed E-state index contributed by atoms with van der Waals surface area (Å²) in [7, 11) is 0. The SMILES string of the molecule is Cc1cc(Cl)ccc1OC(C)C(=O)Nc1ccc(I)cc1. The highest BCUT2D eigenvalue weighted by atomic mass is 127. The summed E-state index contributed by atoms with van der Waals surface area (Å²) >= 11 is 8.12. The first-order chi connectivity index (χ1) is 9.95. The number of benzene rings is 2. The van der Waals surface area contributed by atoms with Gasteiger partial charge in [0, 0.05) is 14.3 Å². The standard InChI is InChI=1S/C16H15ClINO2/c1-10-9-12(17)3-8-15(10)21-11(2)16(20)19-14-6-4-13(18)5-7-14/h3-9,11H,1-2H3,(H,19,20). The molecule has 5 heteroatoms. The Bertz CT molecular complexity index is 643. The van der Waals surface area contributed by atoms with Gasteiger partial charge in [0.15, 0.2) is 6.10 Å². The van der Waals surface area contributed by atoms with E-state index >= 15 is 0 Å². The van der Waals surface area contributed by atoms with E-state index in [-0.39, 0.29) is 5.91 Å². The molecule has 0 heterocycles. The molecule has 0 aliphatic heterocycles. The van der Waals surface area contributed by atoms with Crippen molar-refractivity contribution in [1.82, 2.24) is 0 Å². The number of halogens is 2. The van der Waals surface area contributed by atoms with Gasteiger partial charge in [0.25, 0.3) is 5.91 Å². The fourth-order valence-electron chi connectivity index (χ4n) is 1.77. The molecule has 2 aromatic rings. The summed E-state index contributed by atoms with van der Waals surface area (Å²) in [5, 5.41) is 3.48. The maximum Gasteiger partial charge on any atom is 0.265 e. The minimum Gasteiger partial charge on any atom is -0.481 e. The molecular formula is C16H15ClINO2. The van der Waals surface area contributed by atoms with Gasteiger partial charge < -0.3 is 10.1 Å². The summed E-state index contributed by atoms with van der Waals surface area (Å²) < 4.78 is 6.80. The molecule has 0 bridgehead atoms. The van der Waals surface area contributed by atoms with Gasteiger partial charge >= 0.3 is 0 Å². The third-order valence-electron chi connectivity index (χ3n) is 2.92. The van der Waals surface area contributed by atoms with Gasteiger partial charge in [-0.05, 0) is 84.5 Å². The number of anilines is 1. The highest BCUT2D eigenvalue weighted by Crippen LogP contribution is 2.23. The minimum absolute atomic E-state index is 0.189. The lowest BCUT2D eigenvalue weighted by molar-refractivity contribution is -0.122. The maximum atomic E-state index is 12.1. The van der Waals surface area contributed by atoms with Crippen LogP contribution in [0.2, 0.25) is 5.02 Å². The maximum absolute atomic E-state index is 12.1. The fraction of sp³-hybridized carbons (Fsp3) is 0.188. The second-order valence-corrected chi connectivity index (χ2v) is 6.35. The zero-order chi connectivity index (χ0) is 15.4. The number of hydrogen-bond donors (Lipinski definition) is 1. The molecule has 3 nitrogen and oxygen atoms in total. The topological polar surface area (TPSA) is 38.3 Å². The Morgan fingerprint density at radius 2 is 1.90 bits per heavy atom. The number of hydrogen-bond acceptors (Lipinski definition) is 2. The van der Waals surface area contributed by atoms with Gasteiger partial charge in [-0.25, -0.2) is 0 Å². The van der Waals surface area contributed by atoms with Crippen molar-refractivity contribution in [3.8, 4) is 5.75 Å². The van der Waals surface area contributed by atoms with Gasteiger partial charge in [0.1, 0.15) is 5.75 Å². The third-order valence-corrected chi connectivity index (χ3v) is 3.88. The Balaban J connectivity index is 2.00. The molecule has 1 amide bonds. The molecule has 110 valence electrons. The van der Waals surface area contributed by atoms with E-state index in [0.717, 1.165) is 14.8 Å². The molecule has 1 atom stereocenters. The van der Waals surface area contributed by atoms with Crippen LogP contribution in [0.1, 0.15) is 12.5 Å². The Morgan fingerprint density at radius 1 is 1.24 bits per heavy atom. The second-order valence-electron chi connectivity index (χ2n) is 4.67. The molecule has 21 heavy (non-hydrogen) atoms. The van der Waals surface area contributed by atoms with Crippen molar-refractivity contribution in [2.24, 2.45) is 0 Å². The zero-order valence-electron chi connectivity index (χ0n) is 11.7. The van der Waals surface area contributed by atoms with E-state index in [2.05, 4.69) is 27.9 Å². The van der Waals surface area contributed by atoms with E-state index in [1.165, 1.54) is 0 Å². The highest BCUT2D eigenvalue weighted by Gasteiger charge is 2.15. The Labute approximate surface area is 142 Å². The van der Waals surface area contributed by atoms with Crippen molar-refractivity contribution in [3.63, 3.8) is 0 Å². The van der Waals surface area contributed by atoms with Crippen LogP contribution in [0.3, 0.4) is 0 Å². The Hall–Kier alpha value is -1.27. The van der Waals surface area contributed by atoms with E-state index in [4.69, 9.17) is 16.3 Å². The van der Waals surface area contributed by atoms with Crippen LogP contribution < -0.4 is 10.1 Å². The molecular weight excluding hydrogens is 401 g/mol. The molecule has 2 aromatic carbocycles. The summed E-state index contributed by atoms with van der Waals surface area (Å²) in [6, 6.07) is 12.9. The molecule has 0 radical (unpaired) electrons. The largest absolute Gasteiger partial charge is 0.481 e. The molecule has 0 fully saturated rings. The lowest BCUT2D eigenvalue weighted by Crippen LogP contribution is -2.30. The summed E-state index contributed by atoms with van der Waals surface area (Å²) in [5.41, 5.74) is 1.65. The number of rotatable bonds is 4. The summed E-state index contributed by atoms with van der Waals surface area (Å²) in [6.45, 7) is 3.61. The average Bonchev–Trinajstić information content (AvgIpc) is 2.44. The Morgan fingerprint density at radius 3 is 2.52 bits per heavy atom. The van der Waals surface area contributed by atoms with Crippen molar-refractivity contribution in [2.75, 3.05) is 5.32 Å². The van der Waals surface area contributed by atoms with E-state index in [9.17, 15) is 4.79 Å². The normalized spacial score (nSPS) is 11.8. The molecule has 0 saturated heterocycles. The van der Waals surface area contributed by atoms with Gasteiger partial charge in [-0.2, -0.15) is 0 Å². The monoisotopic (exact) mass is 415 g/mol. The molecule has 0 aliphatic rings. The van der Waals surface area contributed by atoms with Gasteiger partial charge in [0.05, 0.1) is 0 Å². The molecule has 0 aromatic heterocycles. The van der Waals surface area contributed by atoms with Crippen molar-refractivity contribution in [3.05, 3.63) is 56.6 Å². The van der Waals surface area contributed by atoms with Gasteiger partial charge in [-0.3, -0.25) is 4.79 Å². The number of aryl methyl sites for hydroxylation is 1. The molecule has 2 rings (SSSR count). The number of ether oxygens (including phenoxy) is 1. The first kappa shape index (κ1) is 16.1. The van der Waals surface area contributed by atoms with E-state index in [1.54, 1.807) is 25.1 Å². The van der Waals surface area contributed by atoms with Crippen molar-refractivity contribution in [1.29, 1.82) is 0 Å². The number of carbonyl (C=O) groups excluding carboxylic acids is 1. The number of carbonyl (C=O) groups is 1. The summed E-state index contributed by atoms with van der Waals surface area (Å²) in [4.78, 5) is 12.1. The predicted molar refractivity (Wildman–Crippen MR) is 94.1 cm³/mol. The van der Waals surface area contributed by atoms with Gasteiger partial charge in [-0.1, -0.05) is 11.6 Å². The van der Waals surface area contributed by atoms with Gasteiger partial charge in [-0.15, -0.1) is 0 Å². The van der Waals surface area contributed by atoms with Crippen LogP contribution in [-0.2, 0) is 4.79 Å². The third kappa shape index (κ3) is 4.61. The molecule has 0 saturated carbocycles. The van der Waals surface area contributed by atoms with Crippen molar-refractivity contribution in [2.45, 2.75) is 20.0 Å². The molecule has 0 spiro atoms. The van der Waals surface area contributed by atoms with Crippen LogP contribution in [0.25, 0.3) is 0 Å². The van der Waals surface area contributed by atoms with E-state index in [1.807, 2.05) is 31.2 Å². The van der Waals surface area contributed by atoms with E-state index in [0.29, 0.717) is 10.8 Å². The van der Waals surface area contributed by atoms with Crippen LogP contribution in [-0.4, -0.2) is 12.0 Å². The lowest BCUT2D eigenvalue weighted by atomic mass is 10.2. The fourth-order valence-corrected chi connectivity index (χ4v) is 2.35. The van der Waals surface area contributed by atoms with E-state index < -0.39 is 6.10 Å². The van der Waals surface area contributed by atoms with Crippen LogP contribution in [0.5, 0.6) is 5.75 Å². The van der Waals surface area contributed by atoms with Crippen LogP contribution in [0.4, 0.5) is 5.69 Å². The lowest BCUT2D eigenvalue weighted by Gasteiger charge is -2.16. The van der Waals surface area contributed by atoms with Crippen molar-refractivity contribution >= 4 is 45.8 Å². The predicted octanol–water partition coefficient (Wildman–Crippen LogP) is 4.66. The Kier molecular flexibility index (Phi) is 5.47. The second kappa shape index (κ2) is 7.13. The first-order valence-electron chi connectivity index (χ1n) is 6.45. The van der Waals surface area contributed by atoms with Crippen LogP contribution in [0, 0.1) is 10.5 Å². The molecule has 0 aliphatic carbocycles. The summed E-state index contributed by atoms with van der Waals surface area (Å²) in [6.07, 6.45) is -0.593. The number of amides is 1. The number of nitrogens with one attached hydrogen (secondary N) is 1. The molecule has 1 unspecified atom stereocenters. The van der Waals surface area contributed by atoms with Gasteiger partial charge in [0.2, 0.25) is 0 Å². The van der Waals surface area contributed by atoms with Crippen molar-refractivity contribution < 1.29 is 9.53 Å². The minimum atomic E-state index is -0.593. The zero-order valence-corrected chi connectivity index (χ0v) is 14.6. The summed E-state index contributed by atoms with van der Waals surface area (Å²) in [5.74, 6) is 0.468. The highest BCUT2D eigenvalue weighted by molar-refractivity contribution is 14.1. The smallest absolute Gasteiger partial charge is 0.265 e. The first-order valence-corrected chi connectivity index (χ1v) is 7.90.